The van der Waals surface area contributed by atoms with Crippen LogP contribution >= 0.6 is 0 Å². The van der Waals surface area contributed by atoms with Gasteiger partial charge in [0.05, 0.1) is 19.9 Å². The molecule has 1 aliphatic rings. The fourth-order valence-electron chi connectivity index (χ4n) is 3.49. The van der Waals surface area contributed by atoms with Crippen molar-refractivity contribution < 1.29 is 19.1 Å². The van der Waals surface area contributed by atoms with Crippen molar-refractivity contribution in [1.82, 2.24) is 5.32 Å². The Morgan fingerprint density at radius 2 is 1.81 bits per heavy atom. The number of rotatable bonds is 8. The van der Waals surface area contributed by atoms with E-state index in [9.17, 15) is 9.59 Å². The molecule has 0 saturated heterocycles. The molecule has 6 nitrogen and oxygen atoms in total. The van der Waals surface area contributed by atoms with Crippen molar-refractivity contribution >= 4 is 17.5 Å². The van der Waals surface area contributed by atoms with Crippen molar-refractivity contribution in [3.05, 3.63) is 18.2 Å². The third-order valence-electron chi connectivity index (χ3n) is 4.98. The number of hydrogen-bond donors (Lipinski definition) is 2. The van der Waals surface area contributed by atoms with E-state index in [-0.39, 0.29) is 23.7 Å². The van der Waals surface area contributed by atoms with E-state index in [0.29, 0.717) is 23.6 Å². The predicted octanol–water partition coefficient (Wildman–Crippen LogP) is 3.75. The highest BCUT2D eigenvalue weighted by atomic mass is 16.5. The highest BCUT2D eigenvalue weighted by Crippen LogP contribution is 2.29. The molecule has 0 heterocycles. The number of nitrogens with one attached hydrogen (secondary N) is 2. The zero-order valence-corrected chi connectivity index (χ0v) is 16.8. The summed E-state index contributed by atoms with van der Waals surface area (Å²) < 4.78 is 10.6. The van der Waals surface area contributed by atoms with Gasteiger partial charge in [0.15, 0.2) is 0 Å². The van der Waals surface area contributed by atoms with Crippen molar-refractivity contribution in [2.45, 2.75) is 58.4 Å². The summed E-state index contributed by atoms with van der Waals surface area (Å²) in [5, 5.41) is 5.87. The van der Waals surface area contributed by atoms with E-state index in [4.69, 9.17) is 9.47 Å². The van der Waals surface area contributed by atoms with Crippen LogP contribution in [0.1, 0.15) is 52.4 Å². The maximum absolute atomic E-state index is 12.9. The minimum Gasteiger partial charge on any atom is -0.497 e. The predicted molar refractivity (Wildman–Crippen MR) is 106 cm³/mol. The van der Waals surface area contributed by atoms with Gasteiger partial charge in [-0.3, -0.25) is 9.59 Å². The second-order valence-electron chi connectivity index (χ2n) is 7.58. The van der Waals surface area contributed by atoms with E-state index in [2.05, 4.69) is 10.6 Å². The first-order valence-corrected chi connectivity index (χ1v) is 9.77. The van der Waals surface area contributed by atoms with Gasteiger partial charge in [0, 0.05) is 12.0 Å². The molecule has 1 saturated carbocycles. The molecule has 6 heteroatoms. The maximum Gasteiger partial charge on any atom is 0.247 e. The Bertz CT molecular complexity index is 639. The second kappa shape index (κ2) is 10.2. The number of methoxy groups -OCH3 is 2. The van der Waals surface area contributed by atoms with Crippen LogP contribution in [0.2, 0.25) is 0 Å². The topological polar surface area (TPSA) is 76.7 Å². The minimum absolute atomic E-state index is 0.00638. The van der Waals surface area contributed by atoms with Crippen molar-refractivity contribution in [2.75, 3.05) is 19.5 Å². The van der Waals surface area contributed by atoms with Gasteiger partial charge >= 0.3 is 0 Å². The first-order valence-electron chi connectivity index (χ1n) is 9.77. The van der Waals surface area contributed by atoms with Crippen molar-refractivity contribution in [2.24, 2.45) is 11.8 Å². The molecule has 1 aliphatic carbocycles. The average Bonchev–Trinajstić information content (AvgIpc) is 2.67. The largest absolute Gasteiger partial charge is 0.497 e. The Morgan fingerprint density at radius 3 is 2.41 bits per heavy atom. The van der Waals surface area contributed by atoms with Crippen LogP contribution < -0.4 is 20.1 Å². The molecule has 0 aromatic heterocycles. The summed E-state index contributed by atoms with van der Waals surface area (Å²) in [4.78, 5) is 25.5. The number of ether oxygens (including phenoxy) is 2. The van der Waals surface area contributed by atoms with Crippen LogP contribution in [0, 0.1) is 11.8 Å². The molecule has 0 aliphatic heterocycles. The fourth-order valence-corrected chi connectivity index (χ4v) is 3.49. The highest BCUT2D eigenvalue weighted by Gasteiger charge is 2.27. The van der Waals surface area contributed by atoms with Gasteiger partial charge in [-0.1, -0.05) is 33.1 Å². The number of hydrogen-bond acceptors (Lipinski definition) is 4. The van der Waals surface area contributed by atoms with Crippen molar-refractivity contribution in [1.29, 1.82) is 0 Å². The molecular formula is C21H32N2O4. The number of anilines is 1. The van der Waals surface area contributed by atoms with Crippen molar-refractivity contribution in [3.63, 3.8) is 0 Å². The van der Waals surface area contributed by atoms with Gasteiger partial charge in [-0.2, -0.15) is 0 Å². The van der Waals surface area contributed by atoms with Crippen LogP contribution in [0.25, 0.3) is 0 Å². The molecule has 2 N–H and O–H groups in total. The lowest BCUT2D eigenvalue weighted by Gasteiger charge is -2.25. The molecule has 0 unspecified atom stereocenters. The molecule has 1 fully saturated rings. The lowest BCUT2D eigenvalue weighted by atomic mass is 9.88. The normalized spacial score (nSPS) is 15.9. The number of carbonyl (C=O) groups excluding carboxylic acids is 2. The molecule has 0 bridgehead atoms. The fraction of sp³-hybridized carbons (Fsp3) is 0.619. The Kier molecular flexibility index (Phi) is 7.95. The van der Waals surface area contributed by atoms with Crippen LogP contribution in [0.4, 0.5) is 5.69 Å². The summed E-state index contributed by atoms with van der Waals surface area (Å²) in [6.07, 6.45) is 5.75. The first kappa shape index (κ1) is 21.1. The molecular weight excluding hydrogens is 344 g/mol. The summed E-state index contributed by atoms with van der Waals surface area (Å²) in [5.74, 6) is 1.23. The molecule has 1 aromatic carbocycles. The standard InChI is InChI=1S/C21H32N2O4/c1-14(2)12-18(23-20(24)15-8-6-5-7-9-15)21(25)22-17-13-16(26-3)10-11-19(17)27-4/h10-11,13-15,18H,5-9,12H2,1-4H3,(H,22,25)(H,23,24)/t18-/m1/s1. The van der Waals surface area contributed by atoms with Crippen LogP contribution in [0.15, 0.2) is 18.2 Å². The molecule has 2 amide bonds. The van der Waals surface area contributed by atoms with Crippen LogP contribution in [-0.2, 0) is 9.59 Å². The van der Waals surface area contributed by atoms with Gasteiger partial charge in [-0.15, -0.1) is 0 Å². The summed E-state index contributed by atoms with van der Waals surface area (Å²) in [6.45, 7) is 4.08. The summed E-state index contributed by atoms with van der Waals surface area (Å²) in [7, 11) is 3.12. The Labute approximate surface area is 162 Å². The maximum atomic E-state index is 12.9. The summed E-state index contributed by atoms with van der Waals surface area (Å²) in [6, 6.07) is 4.65. The van der Waals surface area contributed by atoms with E-state index in [0.717, 1.165) is 25.7 Å². The molecule has 0 spiro atoms. The molecule has 27 heavy (non-hydrogen) atoms. The average molecular weight is 376 g/mol. The summed E-state index contributed by atoms with van der Waals surface area (Å²) in [5.41, 5.74) is 0.530. The zero-order valence-electron chi connectivity index (χ0n) is 16.8. The smallest absolute Gasteiger partial charge is 0.247 e. The molecule has 2 rings (SSSR count). The molecule has 150 valence electrons. The third-order valence-corrected chi connectivity index (χ3v) is 4.98. The quantitative estimate of drug-likeness (QED) is 0.724. The number of carbonyl (C=O) groups is 2. The van der Waals surface area contributed by atoms with Gasteiger partial charge in [0.2, 0.25) is 11.8 Å². The van der Waals surface area contributed by atoms with E-state index in [1.807, 2.05) is 13.8 Å². The highest BCUT2D eigenvalue weighted by molar-refractivity contribution is 5.98. The Morgan fingerprint density at radius 1 is 1.11 bits per heavy atom. The van der Waals surface area contributed by atoms with Gasteiger partial charge < -0.3 is 20.1 Å². The molecule has 1 aromatic rings. The second-order valence-corrected chi connectivity index (χ2v) is 7.58. The Hall–Kier alpha value is -2.24. The van der Waals surface area contributed by atoms with Gasteiger partial charge in [-0.25, -0.2) is 0 Å². The number of benzene rings is 1. The SMILES string of the molecule is COc1ccc(OC)c(NC(=O)[C@@H](CC(C)C)NC(=O)C2CCCCC2)c1. The van der Waals surface area contributed by atoms with Crippen LogP contribution in [-0.4, -0.2) is 32.1 Å². The lowest BCUT2D eigenvalue weighted by molar-refractivity contribution is -0.130. The van der Waals surface area contributed by atoms with Crippen molar-refractivity contribution in [3.8, 4) is 11.5 Å². The molecule has 1 atom stereocenters. The molecule has 0 radical (unpaired) electrons. The first-order chi connectivity index (χ1) is 12.9. The Balaban J connectivity index is 2.11. The van der Waals surface area contributed by atoms with E-state index < -0.39 is 6.04 Å². The van der Waals surface area contributed by atoms with Crippen LogP contribution in [0.5, 0.6) is 11.5 Å². The van der Waals surface area contributed by atoms with Gasteiger partial charge in [-0.05, 0) is 37.3 Å². The van der Waals surface area contributed by atoms with E-state index in [1.54, 1.807) is 32.4 Å². The minimum atomic E-state index is -0.574. The lowest BCUT2D eigenvalue weighted by Crippen LogP contribution is -2.47. The van der Waals surface area contributed by atoms with Crippen LogP contribution in [0.3, 0.4) is 0 Å². The number of amides is 2. The van der Waals surface area contributed by atoms with Gasteiger partial charge in [0.25, 0.3) is 0 Å². The van der Waals surface area contributed by atoms with Gasteiger partial charge in [0.1, 0.15) is 17.5 Å². The van der Waals surface area contributed by atoms with E-state index >= 15 is 0 Å². The summed E-state index contributed by atoms with van der Waals surface area (Å²) >= 11 is 0. The monoisotopic (exact) mass is 376 g/mol. The zero-order chi connectivity index (χ0) is 19.8. The third kappa shape index (κ3) is 6.15. The van der Waals surface area contributed by atoms with E-state index in [1.165, 1.54) is 6.42 Å².